The molecule has 28 heavy (non-hydrogen) atoms. The van der Waals surface area contributed by atoms with Crippen LogP contribution in [-0.4, -0.2) is 26.6 Å². The number of amides is 2. The molecule has 0 bridgehead atoms. The zero-order valence-electron chi connectivity index (χ0n) is 15.5. The largest absolute Gasteiger partial charge is 0.326 e. The highest BCUT2D eigenvalue weighted by atomic mass is 16.2. The molecule has 142 valence electrons. The third-order valence-electron chi connectivity index (χ3n) is 4.79. The van der Waals surface area contributed by atoms with Crippen LogP contribution in [-0.2, 0) is 11.3 Å². The first-order valence-electron chi connectivity index (χ1n) is 9.24. The summed E-state index contributed by atoms with van der Waals surface area (Å²) in [6.45, 7) is 2.63. The summed E-state index contributed by atoms with van der Waals surface area (Å²) in [7, 11) is 0. The minimum Gasteiger partial charge on any atom is -0.326 e. The van der Waals surface area contributed by atoms with Crippen molar-refractivity contribution in [3.05, 3.63) is 72.1 Å². The number of nitrogens with one attached hydrogen (secondary N) is 2. The van der Waals surface area contributed by atoms with Crippen molar-refractivity contribution in [1.29, 1.82) is 0 Å². The number of aromatic nitrogens is 3. The van der Waals surface area contributed by atoms with Crippen LogP contribution in [0, 0.1) is 11.8 Å². The van der Waals surface area contributed by atoms with E-state index in [0.29, 0.717) is 23.7 Å². The molecule has 1 saturated carbocycles. The van der Waals surface area contributed by atoms with Gasteiger partial charge in [-0.3, -0.25) is 14.9 Å². The Morgan fingerprint density at radius 2 is 1.89 bits per heavy atom. The Morgan fingerprint density at radius 1 is 1.11 bits per heavy atom. The van der Waals surface area contributed by atoms with Crippen LogP contribution in [0.5, 0.6) is 0 Å². The molecule has 0 saturated heterocycles. The minimum atomic E-state index is -0.326. The van der Waals surface area contributed by atoms with Crippen LogP contribution in [0.15, 0.2) is 60.9 Å². The molecule has 2 atom stereocenters. The van der Waals surface area contributed by atoms with Crippen LogP contribution in [0.1, 0.15) is 29.3 Å². The van der Waals surface area contributed by atoms with Crippen LogP contribution in [0.25, 0.3) is 0 Å². The Balaban J connectivity index is 1.38. The average Bonchev–Trinajstić information content (AvgIpc) is 3.28. The van der Waals surface area contributed by atoms with E-state index < -0.39 is 0 Å². The second kappa shape index (κ2) is 7.64. The Bertz CT molecular complexity index is 999. The predicted octanol–water partition coefficient (Wildman–Crippen LogP) is 3.17. The Morgan fingerprint density at radius 3 is 2.64 bits per heavy atom. The summed E-state index contributed by atoms with van der Waals surface area (Å²) in [5, 5.41) is 9.85. The molecule has 4 rings (SSSR count). The van der Waals surface area contributed by atoms with Crippen molar-refractivity contribution in [2.45, 2.75) is 19.9 Å². The van der Waals surface area contributed by atoms with Gasteiger partial charge in [0.1, 0.15) is 6.33 Å². The molecular formula is C21H21N5O2. The highest BCUT2D eigenvalue weighted by Crippen LogP contribution is 2.38. The van der Waals surface area contributed by atoms with Crippen LogP contribution in [0.3, 0.4) is 0 Å². The second-order valence-electron chi connectivity index (χ2n) is 7.10. The van der Waals surface area contributed by atoms with Gasteiger partial charge in [0.2, 0.25) is 11.9 Å². The molecule has 7 nitrogen and oxygen atoms in total. The lowest BCUT2D eigenvalue weighted by atomic mass is 10.2. The first-order valence-corrected chi connectivity index (χ1v) is 9.24. The SMILES string of the molecule is C[C@@H]1C[C@H]1C(=O)Nc1cccc(C(=O)Nc2ncn(Cc3ccccc3)n2)c1. The number of rotatable bonds is 6. The van der Waals surface area contributed by atoms with Crippen molar-refractivity contribution in [2.75, 3.05) is 10.6 Å². The maximum absolute atomic E-state index is 12.5. The van der Waals surface area contributed by atoms with Crippen LogP contribution >= 0.6 is 0 Å². The normalized spacial score (nSPS) is 17.8. The molecule has 2 N–H and O–H groups in total. The summed E-state index contributed by atoms with van der Waals surface area (Å²) in [5.41, 5.74) is 2.14. The maximum atomic E-state index is 12.5. The van der Waals surface area contributed by atoms with E-state index in [0.717, 1.165) is 12.0 Å². The van der Waals surface area contributed by atoms with E-state index in [9.17, 15) is 9.59 Å². The topological polar surface area (TPSA) is 88.9 Å². The highest BCUT2D eigenvalue weighted by Gasteiger charge is 2.39. The quantitative estimate of drug-likeness (QED) is 0.693. The fourth-order valence-corrected chi connectivity index (χ4v) is 3.03. The standard InChI is InChI=1S/C21H21N5O2/c1-14-10-18(14)20(28)23-17-9-5-8-16(11-17)19(27)24-21-22-13-26(25-21)12-15-6-3-2-4-7-15/h2-9,11,13-14,18H,10,12H2,1H3,(H,23,28)(H,24,25,27)/t14-,18-/m1/s1. The van der Waals surface area contributed by atoms with E-state index >= 15 is 0 Å². The van der Waals surface area contributed by atoms with Gasteiger partial charge >= 0.3 is 0 Å². The molecule has 0 aliphatic heterocycles. The first kappa shape index (κ1) is 17.9. The van der Waals surface area contributed by atoms with E-state index in [2.05, 4.69) is 27.6 Å². The van der Waals surface area contributed by atoms with Crippen LogP contribution in [0.2, 0.25) is 0 Å². The molecule has 2 amide bonds. The fourth-order valence-electron chi connectivity index (χ4n) is 3.03. The van der Waals surface area contributed by atoms with Gasteiger partial charge in [0.05, 0.1) is 6.54 Å². The average molecular weight is 375 g/mol. The molecule has 1 fully saturated rings. The molecule has 0 spiro atoms. The van der Waals surface area contributed by atoms with Crippen molar-refractivity contribution in [2.24, 2.45) is 11.8 Å². The number of carbonyl (C=O) groups excluding carboxylic acids is 2. The second-order valence-corrected chi connectivity index (χ2v) is 7.10. The van der Waals surface area contributed by atoms with Crippen molar-refractivity contribution >= 4 is 23.5 Å². The summed E-state index contributed by atoms with van der Waals surface area (Å²) in [6.07, 6.45) is 2.50. The van der Waals surface area contributed by atoms with Gasteiger partial charge in [0, 0.05) is 17.2 Å². The molecule has 2 aromatic carbocycles. The summed E-state index contributed by atoms with van der Waals surface area (Å²) >= 11 is 0. The Labute approximate surface area is 162 Å². The van der Waals surface area contributed by atoms with Gasteiger partial charge in [0.15, 0.2) is 0 Å². The lowest BCUT2D eigenvalue weighted by Gasteiger charge is -2.07. The molecule has 0 radical (unpaired) electrons. The van der Waals surface area contributed by atoms with Crippen molar-refractivity contribution in [3.63, 3.8) is 0 Å². The van der Waals surface area contributed by atoms with E-state index in [-0.39, 0.29) is 23.7 Å². The number of nitrogens with zero attached hydrogens (tertiary/aromatic N) is 3. The lowest BCUT2D eigenvalue weighted by Crippen LogP contribution is -2.16. The first-order chi connectivity index (χ1) is 13.6. The zero-order chi connectivity index (χ0) is 19.5. The van der Waals surface area contributed by atoms with Gasteiger partial charge in [-0.05, 0) is 36.1 Å². The smallest absolute Gasteiger partial charge is 0.258 e. The zero-order valence-corrected chi connectivity index (χ0v) is 15.5. The van der Waals surface area contributed by atoms with Gasteiger partial charge in [-0.1, -0.05) is 43.3 Å². The minimum absolute atomic E-state index is 0.00591. The third-order valence-corrected chi connectivity index (χ3v) is 4.79. The van der Waals surface area contributed by atoms with E-state index in [4.69, 9.17) is 0 Å². The van der Waals surface area contributed by atoms with Crippen LogP contribution < -0.4 is 10.6 Å². The van der Waals surface area contributed by atoms with Gasteiger partial charge in [-0.25, -0.2) is 9.67 Å². The Kier molecular flexibility index (Phi) is 4.89. The molecule has 7 heteroatoms. The predicted molar refractivity (Wildman–Crippen MR) is 106 cm³/mol. The van der Waals surface area contributed by atoms with Gasteiger partial charge in [0.25, 0.3) is 5.91 Å². The monoisotopic (exact) mass is 375 g/mol. The summed E-state index contributed by atoms with van der Waals surface area (Å²) in [6, 6.07) is 16.7. The van der Waals surface area contributed by atoms with E-state index in [1.165, 1.54) is 0 Å². The van der Waals surface area contributed by atoms with Gasteiger partial charge in [-0.15, -0.1) is 5.10 Å². The van der Waals surface area contributed by atoms with E-state index in [1.807, 2.05) is 30.3 Å². The third kappa shape index (κ3) is 4.25. The summed E-state index contributed by atoms with van der Waals surface area (Å²) in [5.74, 6) is 0.431. The maximum Gasteiger partial charge on any atom is 0.258 e. The number of anilines is 2. The van der Waals surface area contributed by atoms with Gasteiger partial charge < -0.3 is 5.32 Å². The molecule has 0 unspecified atom stereocenters. The molecule has 1 heterocycles. The lowest BCUT2D eigenvalue weighted by molar-refractivity contribution is -0.117. The fraction of sp³-hybridized carbons (Fsp3) is 0.238. The molecule has 1 aromatic heterocycles. The number of benzene rings is 2. The van der Waals surface area contributed by atoms with Crippen molar-refractivity contribution in [3.8, 4) is 0 Å². The highest BCUT2D eigenvalue weighted by molar-refractivity contribution is 6.04. The molecule has 3 aromatic rings. The number of carbonyl (C=O) groups is 2. The Hall–Kier alpha value is -3.48. The summed E-state index contributed by atoms with van der Waals surface area (Å²) in [4.78, 5) is 28.7. The molecule has 1 aliphatic carbocycles. The molecule has 1 aliphatic rings. The van der Waals surface area contributed by atoms with E-state index in [1.54, 1.807) is 35.3 Å². The van der Waals surface area contributed by atoms with Gasteiger partial charge in [-0.2, -0.15) is 0 Å². The van der Waals surface area contributed by atoms with Crippen LogP contribution in [0.4, 0.5) is 11.6 Å². The summed E-state index contributed by atoms with van der Waals surface area (Å²) < 4.78 is 1.67. The van der Waals surface area contributed by atoms with Crippen molar-refractivity contribution < 1.29 is 9.59 Å². The number of hydrogen-bond acceptors (Lipinski definition) is 4. The number of hydrogen-bond donors (Lipinski definition) is 2. The molecular weight excluding hydrogens is 354 g/mol. The van der Waals surface area contributed by atoms with Crippen molar-refractivity contribution in [1.82, 2.24) is 14.8 Å².